The van der Waals surface area contributed by atoms with Gasteiger partial charge in [-0.15, -0.1) is 11.3 Å². The molecule has 0 amide bonds. The summed E-state index contributed by atoms with van der Waals surface area (Å²) in [7, 11) is 0. The highest BCUT2D eigenvalue weighted by Crippen LogP contribution is 2.26. The average Bonchev–Trinajstić information content (AvgIpc) is 2.96. The van der Waals surface area contributed by atoms with Gasteiger partial charge in [-0.1, -0.05) is 24.3 Å². The first kappa shape index (κ1) is 14.2. The van der Waals surface area contributed by atoms with Crippen molar-refractivity contribution in [3.05, 3.63) is 75.2 Å². The molecule has 22 heavy (non-hydrogen) atoms. The summed E-state index contributed by atoms with van der Waals surface area (Å²) in [5.41, 5.74) is 0.976. The molecule has 0 saturated carbocycles. The highest BCUT2D eigenvalue weighted by atomic mass is 32.1. The number of carbonyl (C=O) groups is 1. The molecule has 0 unspecified atom stereocenters. The van der Waals surface area contributed by atoms with Crippen molar-refractivity contribution in [2.24, 2.45) is 0 Å². The minimum atomic E-state index is -0.570. The molecule has 0 bridgehead atoms. The Morgan fingerprint density at radius 2 is 2.00 bits per heavy atom. The Kier molecular flexibility index (Phi) is 3.84. The topological polar surface area (TPSA) is 69.4 Å². The fourth-order valence-corrected chi connectivity index (χ4v) is 3.07. The summed E-state index contributed by atoms with van der Waals surface area (Å²) >= 11 is 1.59. The second-order valence-corrected chi connectivity index (χ2v) is 5.55. The summed E-state index contributed by atoms with van der Waals surface area (Å²) in [6.07, 6.45) is 0. The van der Waals surface area contributed by atoms with Crippen LogP contribution in [0.2, 0.25) is 0 Å². The van der Waals surface area contributed by atoms with E-state index in [2.05, 4.69) is 0 Å². The van der Waals surface area contributed by atoms with E-state index in [1.54, 1.807) is 11.3 Å². The maximum Gasteiger partial charge on any atom is 0.338 e. The van der Waals surface area contributed by atoms with E-state index in [-0.39, 0.29) is 17.9 Å². The molecule has 0 fully saturated rings. The lowest BCUT2D eigenvalue weighted by atomic mass is 10.2. The van der Waals surface area contributed by atoms with Crippen LogP contribution in [0.5, 0.6) is 0 Å². The van der Waals surface area contributed by atoms with E-state index in [9.17, 15) is 14.9 Å². The minimum absolute atomic E-state index is 0.129. The fourth-order valence-electron chi connectivity index (χ4n) is 2.12. The first-order chi connectivity index (χ1) is 10.6. The van der Waals surface area contributed by atoms with Gasteiger partial charge in [-0.25, -0.2) is 4.79 Å². The third-order valence-corrected chi connectivity index (χ3v) is 4.22. The van der Waals surface area contributed by atoms with Crippen LogP contribution in [-0.2, 0) is 11.3 Å². The zero-order chi connectivity index (χ0) is 15.5. The van der Waals surface area contributed by atoms with Crippen LogP contribution >= 0.6 is 11.3 Å². The molecule has 3 rings (SSSR count). The number of nitrogens with zero attached hydrogens (tertiary/aromatic N) is 1. The van der Waals surface area contributed by atoms with Crippen LogP contribution in [0.15, 0.2) is 53.9 Å². The number of hydrogen-bond acceptors (Lipinski definition) is 5. The van der Waals surface area contributed by atoms with E-state index in [1.807, 2.05) is 29.6 Å². The highest BCUT2D eigenvalue weighted by molar-refractivity contribution is 7.17. The number of hydrogen-bond donors (Lipinski definition) is 0. The second kappa shape index (κ2) is 5.95. The Bertz CT molecular complexity index is 856. The lowest BCUT2D eigenvalue weighted by Crippen LogP contribution is -2.05. The molecule has 0 aliphatic rings. The number of fused-ring (bicyclic) bond motifs is 1. The molecule has 6 heteroatoms. The summed E-state index contributed by atoms with van der Waals surface area (Å²) in [5, 5.41) is 13.7. The van der Waals surface area contributed by atoms with Crippen LogP contribution in [0, 0.1) is 10.1 Å². The van der Waals surface area contributed by atoms with E-state index >= 15 is 0 Å². The fraction of sp³-hybridized carbons (Fsp3) is 0.0625. The normalized spacial score (nSPS) is 10.5. The molecule has 0 aliphatic heterocycles. The number of thiophene rings is 1. The number of benzene rings is 2. The zero-order valence-electron chi connectivity index (χ0n) is 11.4. The van der Waals surface area contributed by atoms with Gasteiger partial charge in [0.1, 0.15) is 6.61 Å². The molecule has 2 aromatic carbocycles. The van der Waals surface area contributed by atoms with Crippen molar-refractivity contribution in [1.29, 1.82) is 0 Å². The molecule has 0 atom stereocenters. The van der Waals surface area contributed by atoms with E-state index in [1.165, 1.54) is 24.3 Å². The predicted octanol–water partition coefficient (Wildman–Crippen LogP) is 4.17. The van der Waals surface area contributed by atoms with Gasteiger partial charge >= 0.3 is 5.97 Å². The van der Waals surface area contributed by atoms with Crippen LogP contribution in [-0.4, -0.2) is 10.9 Å². The highest BCUT2D eigenvalue weighted by Gasteiger charge is 2.13. The number of ether oxygens (including phenoxy) is 1. The van der Waals surface area contributed by atoms with Gasteiger partial charge in [0.25, 0.3) is 5.69 Å². The predicted molar refractivity (Wildman–Crippen MR) is 84.0 cm³/mol. The van der Waals surface area contributed by atoms with Crippen LogP contribution in [0.4, 0.5) is 5.69 Å². The smallest absolute Gasteiger partial charge is 0.338 e. The summed E-state index contributed by atoms with van der Waals surface area (Å²) in [5.74, 6) is -0.570. The SMILES string of the molecule is O=C(OCc1csc2ccccc12)c1cccc([N+](=O)[O-])c1. The number of esters is 1. The molecule has 0 radical (unpaired) electrons. The molecule has 0 N–H and O–H groups in total. The van der Waals surface area contributed by atoms with Gasteiger partial charge < -0.3 is 4.74 Å². The molecule has 1 aromatic heterocycles. The second-order valence-electron chi connectivity index (χ2n) is 4.64. The average molecular weight is 313 g/mol. The Hall–Kier alpha value is -2.73. The van der Waals surface area contributed by atoms with Crippen molar-refractivity contribution in [3.63, 3.8) is 0 Å². The van der Waals surface area contributed by atoms with Crippen molar-refractivity contribution in [3.8, 4) is 0 Å². The van der Waals surface area contributed by atoms with E-state index in [0.29, 0.717) is 0 Å². The molecule has 110 valence electrons. The van der Waals surface area contributed by atoms with Gasteiger partial charge in [0.15, 0.2) is 0 Å². The van der Waals surface area contributed by atoms with Gasteiger partial charge in [-0.2, -0.15) is 0 Å². The first-order valence-electron chi connectivity index (χ1n) is 6.52. The van der Waals surface area contributed by atoms with E-state index in [0.717, 1.165) is 15.6 Å². The van der Waals surface area contributed by atoms with Crippen LogP contribution < -0.4 is 0 Å². The standard InChI is InChI=1S/C16H11NO4S/c18-16(11-4-3-5-13(8-11)17(19)20)21-9-12-10-22-15-7-2-1-6-14(12)15/h1-8,10H,9H2. The summed E-state index contributed by atoms with van der Waals surface area (Å²) < 4.78 is 6.39. The summed E-state index contributed by atoms with van der Waals surface area (Å²) in [4.78, 5) is 22.2. The molecule has 0 spiro atoms. The molecular formula is C16H11NO4S. The number of non-ortho nitro benzene ring substituents is 1. The third-order valence-electron chi connectivity index (χ3n) is 3.21. The Labute approximate surface area is 129 Å². The molecule has 1 heterocycles. The van der Waals surface area contributed by atoms with E-state index in [4.69, 9.17) is 4.74 Å². The quantitative estimate of drug-likeness (QED) is 0.412. The summed E-state index contributed by atoms with van der Waals surface area (Å²) in [6, 6.07) is 13.4. The maximum atomic E-state index is 12.0. The molecule has 0 saturated heterocycles. The number of rotatable bonds is 4. The lowest BCUT2D eigenvalue weighted by Gasteiger charge is -2.04. The number of carbonyl (C=O) groups excluding carboxylic acids is 1. The van der Waals surface area contributed by atoms with Gasteiger partial charge in [-0.05, 0) is 22.9 Å². The van der Waals surface area contributed by atoms with Crippen molar-refractivity contribution in [2.45, 2.75) is 6.61 Å². The van der Waals surface area contributed by atoms with Gasteiger partial charge in [0.2, 0.25) is 0 Å². The molecule has 5 nitrogen and oxygen atoms in total. The minimum Gasteiger partial charge on any atom is -0.457 e. The van der Waals surface area contributed by atoms with E-state index < -0.39 is 10.9 Å². The van der Waals surface area contributed by atoms with Crippen LogP contribution in [0.3, 0.4) is 0 Å². The van der Waals surface area contributed by atoms with Crippen molar-refractivity contribution < 1.29 is 14.5 Å². The van der Waals surface area contributed by atoms with Crippen molar-refractivity contribution in [1.82, 2.24) is 0 Å². The zero-order valence-corrected chi connectivity index (χ0v) is 12.2. The Morgan fingerprint density at radius 1 is 1.18 bits per heavy atom. The van der Waals surface area contributed by atoms with Gasteiger partial charge in [0, 0.05) is 22.4 Å². The monoisotopic (exact) mass is 313 g/mol. The number of nitro benzene ring substituents is 1. The molecule has 3 aromatic rings. The van der Waals surface area contributed by atoms with Gasteiger partial charge in [-0.3, -0.25) is 10.1 Å². The molecule has 0 aliphatic carbocycles. The maximum absolute atomic E-state index is 12.0. The first-order valence-corrected chi connectivity index (χ1v) is 7.40. The van der Waals surface area contributed by atoms with Crippen molar-refractivity contribution in [2.75, 3.05) is 0 Å². The summed E-state index contributed by atoms with van der Waals surface area (Å²) in [6.45, 7) is 0.144. The Morgan fingerprint density at radius 3 is 2.82 bits per heavy atom. The number of nitro groups is 1. The van der Waals surface area contributed by atoms with Crippen molar-refractivity contribution >= 4 is 33.1 Å². The van der Waals surface area contributed by atoms with Gasteiger partial charge in [0.05, 0.1) is 10.5 Å². The van der Waals surface area contributed by atoms with Crippen LogP contribution in [0.1, 0.15) is 15.9 Å². The lowest BCUT2D eigenvalue weighted by molar-refractivity contribution is -0.384. The molecular weight excluding hydrogens is 302 g/mol. The Balaban J connectivity index is 1.75. The third kappa shape index (κ3) is 2.82. The van der Waals surface area contributed by atoms with Crippen LogP contribution in [0.25, 0.3) is 10.1 Å². The largest absolute Gasteiger partial charge is 0.457 e.